The van der Waals surface area contributed by atoms with E-state index in [9.17, 15) is 14.7 Å². The number of phenols is 1. The third-order valence-corrected chi connectivity index (χ3v) is 2.45. The minimum Gasteiger partial charge on any atom is -0.508 e. The molecular formula is C14H15N3O4. The molecule has 0 aliphatic rings. The lowest BCUT2D eigenvalue weighted by Crippen LogP contribution is -2.26. The van der Waals surface area contributed by atoms with Crippen LogP contribution in [-0.4, -0.2) is 28.6 Å². The van der Waals surface area contributed by atoms with Crippen LogP contribution in [-0.2, 0) is 9.59 Å². The van der Waals surface area contributed by atoms with Crippen molar-refractivity contribution in [2.75, 3.05) is 11.9 Å². The number of carboxylic acids is 1. The van der Waals surface area contributed by atoms with Crippen LogP contribution in [0.15, 0.2) is 36.0 Å². The summed E-state index contributed by atoms with van der Waals surface area (Å²) in [5.74, 6) is -1.47. The van der Waals surface area contributed by atoms with Gasteiger partial charge < -0.3 is 20.8 Å². The molecular weight excluding hydrogens is 274 g/mol. The van der Waals surface area contributed by atoms with Crippen LogP contribution in [0.25, 0.3) is 0 Å². The highest BCUT2D eigenvalue weighted by Crippen LogP contribution is 2.15. The van der Waals surface area contributed by atoms with Crippen LogP contribution in [0.5, 0.6) is 5.75 Å². The minimum atomic E-state index is -0.939. The van der Waals surface area contributed by atoms with E-state index in [0.29, 0.717) is 12.1 Å². The maximum Gasteiger partial charge on any atom is 0.303 e. The first-order valence-electron chi connectivity index (χ1n) is 6.18. The van der Waals surface area contributed by atoms with Gasteiger partial charge in [0.25, 0.3) is 5.91 Å². The number of carboxylic acid groups (broad SMARTS) is 1. The van der Waals surface area contributed by atoms with E-state index in [1.807, 2.05) is 0 Å². The predicted octanol–water partition coefficient (Wildman–Crippen LogP) is 1.19. The molecule has 7 heteroatoms. The van der Waals surface area contributed by atoms with Gasteiger partial charge in [-0.15, -0.1) is 0 Å². The van der Waals surface area contributed by atoms with Gasteiger partial charge in [0.2, 0.25) is 0 Å². The second-order valence-corrected chi connectivity index (χ2v) is 4.12. The molecule has 0 aliphatic heterocycles. The first-order valence-corrected chi connectivity index (χ1v) is 6.18. The van der Waals surface area contributed by atoms with Gasteiger partial charge in [-0.25, -0.2) is 0 Å². The summed E-state index contributed by atoms with van der Waals surface area (Å²) in [6, 6.07) is 7.96. The lowest BCUT2D eigenvalue weighted by molar-refractivity contribution is -0.137. The van der Waals surface area contributed by atoms with Crippen LogP contribution in [0.4, 0.5) is 5.69 Å². The van der Waals surface area contributed by atoms with E-state index in [-0.39, 0.29) is 24.3 Å². The molecule has 7 nitrogen and oxygen atoms in total. The Labute approximate surface area is 121 Å². The van der Waals surface area contributed by atoms with Crippen molar-refractivity contribution in [3.05, 3.63) is 36.0 Å². The van der Waals surface area contributed by atoms with Crippen molar-refractivity contribution < 1.29 is 19.8 Å². The quantitative estimate of drug-likeness (QED) is 0.340. The maximum absolute atomic E-state index is 11.7. The van der Waals surface area contributed by atoms with Gasteiger partial charge in [0.15, 0.2) is 0 Å². The van der Waals surface area contributed by atoms with Crippen molar-refractivity contribution in [2.24, 2.45) is 0 Å². The molecule has 1 amide bonds. The fourth-order valence-corrected chi connectivity index (χ4v) is 1.44. The maximum atomic E-state index is 11.7. The Hall–Kier alpha value is -3.01. The van der Waals surface area contributed by atoms with E-state index >= 15 is 0 Å². The van der Waals surface area contributed by atoms with Crippen LogP contribution in [0, 0.1) is 11.3 Å². The Bertz CT molecular complexity index is 590. The number of benzene rings is 1. The monoisotopic (exact) mass is 289 g/mol. The standard InChI is InChI=1S/C14H15N3O4/c15-8-10(14(21)16-6-2-5-13(19)20)9-17-11-3-1-4-12(18)7-11/h1,3-4,7,9,17-18H,2,5-6H2,(H,16,21)(H,19,20)/b10-9-. The van der Waals surface area contributed by atoms with Gasteiger partial charge >= 0.3 is 5.97 Å². The molecule has 1 aromatic rings. The molecule has 110 valence electrons. The number of nitriles is 1. The normalized spacial score (nSPS) is 10.5. The second kappa shape index (κ2) is 8.22. The summed E-state index contributed by atoms with van der Waals surface area (Å²) in [5, 5.41) is 31.8. The topological polar surface area (TPSA) is 122 Å². The fourth-order valence-electron chi connectivity index (χ4n) is 1.44. The lowest BCUT2D eigenvalue weighted by Gasteiger charge is -2.04. The Morgan fingerprint density at radius 3 is 2.76 bits per heavy atom. The van der Waals surface area contributed by atoms with Gasteiger partial charge in [0.05, 0.1) is 0 Å². The molecule has 4 N–H and O–H groups in total. The molecule has 0 fully saturated rings. The van der Waals surface area contributed by atoms with Crippen LogP contribution in [0.2, 0.25) is 0 Å². The molecule has 0 aliphatic carbocycles. The molecule has 0 bridgehead atoms. The number of anilines is 1. The Morgan fingerprint density at radius 2 is 2.14 bits per heavy atom. The van der Waals surface area contributed by atoms with E-state index in [0.717, 1.165) is 0 Å². The summed E-state index contributed by atoms with van der Waals surface area (Å²) in [6.07, 6.45) is 1.47. The number of amides is 1. The van der Waals surface area contributed by atoms with Crippen molar-refractivity contribution in [1.29, 1.82) is 5.26 Å². The first-order chi connectivity index (χ1) is 10.0. The van der Waals surface area contributed by atoms with Gasteiger partial charge in [-0.2, -0.15) is 5.26 Å². The number of carbonyl (C=O) groups is 2. The van der Waals surface area contributed by atoms with Gasteiger partial charge in [-0.05, 0) is 18.6 Å². The van der Waals surface area contributed by atoms with Crippen LogP contribution >= 0.6 is 0 Å². The summed E-state index contributed by atoms with van der Waals surface area (Å²) < 4.78 is 0. The number of aromatic hydroxyl groups is 1. The van der Waals surface area contributed by atoms with E-state index < -0.39 is 11.9 Å². The Morgan fingerprint density at radius 1 is 1.38 bits per heavy atom. The molecule has 0 atom stereocenters. The third kappa shape index (κ3) is 6.11. The van der Waals surface area contributed by atoms with Gasteiger partial charge in [0, 0.05) is 30.9 Å². The Balaban J connectivity index is 2.53. The van der Waals surface area contributed by atoms with E-state index in [1.165, 1.54) is 18.3 Å². The van der Waals surface area contributed by atoms with E-state index in [1.54, 1.807) is 18.2 Å². The highest BCUT2D eigenvalue weighted by atomic mass is 16.4. The van der Waals surface area contributed by atoms with Gasteiger partial charge in [-0.3, -0.25) is 9.59 Å². The molecule has 1 aromatic carbocycles. The van der Waals surface area contributed by atoms with Gasteiger partial charge in [-0.1, -0.05) is 6.07 Å². The zero-order valence-electron chi connectivity index (χ0n) is 11.2. The average Bonchev–Trinajstić information content (AvgIpc) is 2.44. The zero-order chi connectivity index (χ0) is 15.7. The smallest absolute Gasteiger partial charge is 0.303 e. The molecule has 0 aromatic heterocycles. The lowest BCUT2D eigenvalue weighted by atomic mass is 10.2. The summed E-state index contributed by atoms with van der Waals surface area (Å²) in [4.78, 5) is 22.0. The number of rotatable bonds is 7. The first kappa shape index (κ1) is 16.0. The fraction of sp³-hybridized carbons (Fsp3) is 0.214. The number of hydrogen-bond donors (Lipinski definition) is 4. The second-order valence-electron chi connectivity index (χ2n) is 4.12. The van der Waals surface area contributed by atoms with Crippen LogP contribution in [0.1, 0.15) is 12.8 Å². The number of carbonyl (C=O) groups excluding carboxylic acids is 1. The van der Waals surface area contributed by atoms with Gasteiger partial charge in [0.1, 0.15) is 17.4 Å². The molecule has 0 unspecified atom stereocenters. The molecule has 0 saturated heterocycles. The number of hydrogen-bond acceptors (Lipinski definition) is 5. The van der Waals surface area contributed by atoms with E-state index in [4.69, 9.17) is 10.4 Å². The highest BCUT2D eigenvalue weighted by Gasteiger charge is 2.08. The number of phenolic OH excluding ortho intramolecular Hbond substituents is 1. The van der Waals surface area contributed by atoms with Crippen molar-refractivity contribution in [3.63, 3.8) is 0 Å². The number of aliphatic carboxylic acids is 1. The van der Waals surface area contributed by atoms with Crippen molar-refractivity contribution in [3.8, 4) is 11.8 Å². The van der Waals surface area contributed by atoms with Crippen molar-refractivity contribution in [1.82, 2.24) is 5.32 Å². The summed E-state index contributed by atoms with van der Waals surface area (Å²) in [5.41, 5.74) is 0.384. The Kier molecular flexibility index (Phi) is 6.28. The number of nitrogens with zero attached hydrogens (tertiary/aromatic N) is 1. The SMILES string of the molecule is N#C/C(=C/Nc1cccc(O)c1)C(=O)NCCCC(=O)O. The molecule has 0 spiro atoms. The summed E-state index contributed by atoms with van der Waals surface area (Å²) in [6.45, 7) is 0.177. The van der Waals surface area contributed by atoms with Crippen LogP contribution in [0.3, 0.4) is 0 Å². The highest BCUT2D eigenvalue weighted by molar-refractivity contribution is 5.97. The van der Waals surface area contributed by atoms with Crippen LogP contribution < -0.4 is 10.6 Å². The molecule has 1 rings (SSSR count). The number of nitrogens with one attached hydrogen (secondary N) is 2. The van der Waals surface area contributed by atoms with Crippen molar-refractivity contribution in [2.45, 2.75) is 12.8 Å². The molecule has 0 saturated carbocycles. The van der Waals surface area contributed by atoms with Crippen molar-refractivity contribution >= 4 is 17.6 Å². The summed E-state index contributed by atoms with van der Waals surface area (Å²) >= 11 is 0. The zero-order valence-corrected chi connectivity index (χ0v) is 11.2. The average molecular weight is 289 g/mol. The minimum absolute atomic E-state index is 0.0482. The molecule has 0 radical (unpaired) electrons. The largest absolute Gasteiger partial charge is 0.508 e. The molecule has 0 heterocycles. The predicted molar refractivity (Wildman–Crippen MR) is 75.3 cm³/mol. The van der Waals surface area contributed by atoms with E-state index in [2.05, 4.69) is 10.6 Å². The molecule has 21 heavy (non-hydrogen) atoms. The summed E-state index contributed by atoms with van der Waals surface area (Å²) in [7, 11) is 0. The third-order valence-electron chi connectivity index (χ3n) is 2.45.